The van der Waals surface area contributed by atoms with Crippen molar-refractivity contribution in [3.8, 4) is 17.6 Å². The van der Waals surface area contributed by atoms with E-state index in [0.29, 0.717) is 23.8 Å². The first-order chi connectivity index (χ1) is 12.3. The number of fused-ring (bicyclic) bond motifs is 3. The van der Waals surface area contributed by atoms with E-state index in [4.69, 9.17) is 14.7 Å². The molecule has 0 amide bonds. The van der Waals surface area contributed by atoms with Crippen LogP contribution in [0.25, 0.3) is 11.0 Å². The zero-order valence-corrected chi connectivity index (χ0v) is 13.3. The fraction of sp³-hybridized carbons (Fsp3) is 0.278. The van der Waals surface area contributed by atoms with Gasteiger partial charge in [0.15, 0.2) is 5.75 Å². The molecule has 2 N–H and O–H groups in total. The third-order valence-electron chi connectivity index (χ3n) is 4.45. The van der Waals surface area contributed by atoms with Crippen LogP contribution < -0.4 is 14.8 Å². The molecule has 25 heavy (non-hydrogen) atoms. The lowest BCUT2D eigenvalue weighted by Gasteiger charge is -2.12. The Labute approximate surface area is 143 Å². The van der Waals surface area contributed by atoms with Crippen LogP contribution in [0, 0.1) is 11.3 Å². The first-order valence-electron chi connectivity index (χ1n) is 8.25. The molecule has 1 aliphatic heterocycles. The van der Waals surface area contributed by atoms with Gasteiger partial charge in [-0.15, -0.1) is 0 Å². The molecular weight excluding hydrogens is 318 g/mol. The van der Waals surface area contributed by atoms with Gasteiger partial charge in [-0.25, -0.2) is 4.98 Å². The summed E-state index contributed by atoms with van der Waals surface area (Å²) >= 11 is 0. The molecule has 1 fully saturated rings. The highest BCUT2D eigenvalue weighted by molar-refractivity contribution is 5.89. The number of nitrogens with one attached hydrogen (secondary N) is 2. The van der Waals surface area contributed by atoms with E-state index >= 15 is 0 Å². The molecule has 0 bridgehead atoms. The molecule has 3 aromatic rings. The highest BCUT2D eigenvalue weighted by Crippen LogP contribution is 2.39. The second kappa shape index (κ2) is 5.38. The zero-order valence-electron chi connectivity index (χ0n) is 13.3. The Morgan fingerprint density at radius 1 is 1.28 bits per heavy atom. The van der Waals surface area contributed by atoms with Crippen LogP contribution in [0.3, 0.4) is 0 Å². The highest BCUT2D eigenvalue weighted by atomic mass is 16.6. The summed E-state index contributed by atoms with van der Waals surface area (Å²) in [4.78, 5) is 11.7. The molecule has 0 spiro atoms. The Balaban J connectivity index is 1.29. The summed E-state index contributed by atoms with van der Waals surface area (Å²) < 4.78 is 11.7. The van der Waals surface area contributed by atoms with Gasteiger partial charge in [-0.05, 0) is 37.1 Å². The molecule has 2 aliphatic rings. The molecular formula is C18H15N5O2. The molecule has 0 saturated heterocycles. The number of hydrogen-bond donors (Lipinski definition) is 2. The van der Waals surface area contributed by atoms with Crippen LogP contribution in [0.5, 0.6) is 11.5 Å². The van der Waals surface area contributed by atoms with E-state index in [1.54, 1.807) is 6.20 Å². The quantitative estimate of drug-likeness (QED) is 0.762. The van der Waals surface area contributed by atoms with Gasteiger partial charge in [-0.2, -0.15) is 5.26 Å². The van der Waals surface area contributed by atoms with Crippen molar-refractivity contribution >= 4 is 16.7 Å². The van der Waals surface area contributed by atoms with Crippen molar-refractivity contribution in [2.24, 2.45) is 0 Å². The fourth-order valence-electron chi connectivity index (χ4n) is 3.03. The minimum atomic E-state index is -0.314. The summed E-state index contributed by atoms with van der Waals surface area (Å²) in [5.74, 6) is 2.28. The van der Waals surface area contributed by atoms with Crippen LogP contribution in [-0.2, 0) is 0 Å². The number of benzene rings is 1. The lowest BCUT2D eigenvalue weighted by Crippen LogP contribution is -2.28. The van der Waals surface area contributed by atoms with Gasteiger partial charge in [0.25, 0.3) is 0 Å². The van der Waals surface area contributed by atoms with Gasteiger partial charge in [-0.1, -0.05) is 0 Å². The van der Waals surface area contributed by atoms with E-state index in [1.165, 1.54) is 12.8 Å². The number of rotatable bonds is 4. The molecule has 5 rings (SSSR count). The third-order valence-corrected chi connectivity index (χ3v) is 4.45. The summed E-state index contributed by atoms with van der Waals surface area (Å²) in [6.07, 6.45) is 3.92. The van der Waals surface area contributed by atoms with E-state index in [2.05, 4.69) is 20.3 Å². The molecule has 3 heterocycles. The van der Waals surface area contributed by atoms with Crippen LogP contribution in [0.1, 0.15) is 30.3 Å². The number of hydrogen-bond acceptors (Lipinski definition) is 6. The summed E-state index contributed by atoms with van der Waals surface area (Å²) in [5.41, 5.74) is 3.42. The van der Waals surface area contributed by atoms with Crippen LogP contribution in [0.15, 0.2) is 30.5 Å². The minimum Gasteiger partial charge on any atom is -0.486 e. The van der Waals surface area contributed by atoms with E-state index in [1.807, 2.05) is 30.3 Å². The second-order valence-electron chi connectivity index (χ2n) is 6.29. The van der Waals surface area contributed by atoms with Gasteiger partial charge in [0.05, 0.1) is 17.4 Å². The average Bonchev–Trinajstić information content (AvgIpc) is 3.26. The van der Waals surface area contributed by atoms with Crippen molar-refractivity contribution in [2.75, 3.05) is 11.9 Å². The minimum absolute atomic E-state index is 0.272. The predicted octanol–water partition coefficient (Wildman–Crippen LogP) is 2.92. The van der Waals surface area contributed by atoms with Gasteiger partial charge in [0.1, 0.15) is 23.9 Å². The Kier molecular flexibility index (Phi) is 3.04. The Bertz CT molecular complexity index is 985. The lowest BCUT2D eigenvalue weighted by atomic mass is 10.2. The van der Waals surface area contributed by atoms with E-state index in [9.17, 15) is 0 Å². The van der Waals surface area contributed by atoms with Crippen LogP contribution >= 0.6 is 0 Å². The summed E-state index contributed by atoms with van der Waals surface area (Å²) in [5, 5.41) is 12.2. The molecule has 7 heteroatoms. The van der Waals surface area contributed by atoms with Crippen molar-refractivity contribution in [3.63, 3.8) is 0 Å². The molecule has 1 saturated carbocycles. The van der Waals surface area contributed by atoms with Crippen molar-refractivity contribution in [1.82, 2.24) is 15.0 Å². The van der Waals surface area contributed by atoms with Crippen molar-refractivity contribution in [3.05, 3.63) is 42.0 Å². The maximum Gasteiger partial charge on any atom is 0.211 e. The Morgan fingerprint density at radius 3 is 2.96 bits per heavy atom. The van der Waals surface area contributed by atoms with Gasteiger partial charge in [0.2, 0.25) is 12.1 Å². The number of aromatic amines is 1. The van der Waals surface area contributed by atoms with Crippen LogP contribution in [0.2, 0.25) is 0 Å². The van der Waals surface area contributed by atoms with E-state index < -0.39 is 0 Å². The summed E-state index contributed by atoms with van der Waals surface area (Å²) in [7, 11) is 0. The molecule has 2 aromatic heterocycles. The van der Waals surface area contributed by atoms with Crippen LogP contribution in [-0.4, -0.2) is 27.8 Å². The lowest BCUT2D eigenvalue weighted by molar-refractivity contribution is 0.165. The fourth-order valence-corrected chi connectivity index (χ4v) is 3.03. The van der Waals surface area contributed by atoms with Crippen LogP contribution in [0.4, 0.5) is 5.69 Å². The number of nitriles is 1. The molecule has 124 valence electrons. The molecule has 0 radical (unpaired) electrons. The van der Waals surface area contributed by atoms with E-state index in [-0.39, 0.29) is 12.1 Å². The number of anilines is 1. The van der Waals surface area contributed by atoms with Crippen molar-refractivity contribution in [1.29, 1.82) is 5.26 Å². The molecule has 7 nitrogen and oxygen atoms in total. The number of H-pyrrole nitrogens is 1. The average molecular weight is 333 g/mol. The van der Waals surface area contributed by atoms with Gasteiger partial charge in [-0.3, -0.25) is 4.98 Å². The van der Waals surface area contributed by atoms with Crippen molar-refractivity contribution in [2.45, 2.75) is 25.0 Å². The number of ether oxygens (including phenoxy) is 2. The third kappa shape index (κ3) is 2.52. The number of imidazole rings is 1. The largest absolute Gasteiger partial charge is 0.486 e. The molecule has 0 unspecified atom stereocenters. The second-order valence-corrected chi connectivity index (χ2v) is 6.29. The van der Waals surface area contributed by atoms with Crippen molar-refractivity contribution < 1.29 is 9.47 Å². The molecule has 1 aromatic carbocycles. The number of aromatic nitrogens is 3. The highest BCUT2D eigenvalue weighted by Gasteiger charge is 2.27. The topological polar surface area (TPSA) is 95.9 Å². The Morgan fingerprint density at radius 2 is 2.20 bits per heavy atom. The first kappa shape index (κ1) is 14.1. The molecule has 1 aliphatic carbocycles. The van der Waals surface area contributed by atoms with E-state index in [0.717, 1.165) is 22.6 Å². The Hall–Kier alpha value is -3.27. The number of pyridine rings is 1. The maximum absolute atomic E-state index is 8.98. The summed E-state index contributed by atoms with van der Waals surface area (Å²) in [6.45, 7) is 0.343. The van der Waals surface area contributed by atoms with Gasteiger partial charge >= 0.3 is 0 Å². The number of nitrogens with zero attached hydrogens (tertiary/aromatic N) is 3. The standard InChI is InChI=1S/C18H15N5O2/c19-7-15-21-13-5-6-14-18(17(13)23-15)25-16(22-14)9-24-11-3-4-12(20-8-11)10-1-2-10/h3-6,8,10,16,22H,1-2,9H2,(H,21,23)/t16-/m0/s1. The predicted molar refractivity (Wildman–Crippen MR) is 90.6 cm³/mol. The molecule has 1 atom stereocenters. The SMILES string of the molecule is N#Cc1nc2c3c(ccc2[nH]1)N[C@H](COc1ccc(C2CC2)nc1)O3. The summed E-state index contributed by atoms with van der Waals surface area (Å²) in [6, 6.07) is 9.77. The maximum atomic E-state index is 8.98. The normalized spacial score (nSPS) is 18.3. The zero-order chi connectivity index (χ0) is 16.8. The smallest absolute Gasteiger partial charge is 0.211 e. The first-order valence-corrected chi connectivity index (χ1v) is 8.25. The monoisotopic (exact) mass is 333 g/mol. The van der Waals surface area contributed by atoms with Gasteiger partial charge < -0.3 is 19.8 Å². The van der Waals surface area contributed by atoms with Gasteiger partial charge in [0, 0.05) is 11.6 Å².